The molecule has 18 heavy (non-hydrogen) atoms. The number of nitrogens with two attached hydrogens (primary N) is 1. The molecule has 0 aliphatic heterocycles. The monoisotopic (exact) mass is 326 g/mol. The highest BCUT2D eigenvalue weighted by molar-refractivity contribution is 9.10. The van der Waals surface area contributed by atoms with E-state index in [0.717, 1.165) is 10.0 Å². The predicted octanol–water partition coefficient (Wildman–Crippen LogP) is 4.31. The predicted molar refractivity (Wildman–Crippen MR) is 76.1 cm³/mol. The van der Waals surface area contributed by atoms with Gasteiger partial charge in [-0.2, -0.15) is 0 Å². The standard InChI is InChI=1S/C13H12BrClN2O/c1-8(16)10-3-2-6-17-13(10)18-12-5-4-9(14)7-11(12)15/h2-8H,16H2,1H3/t8-/m0/s1. The van der Waals surface area contributed by atoms with Crippen molar-refractivity contribution in [2.45, 2.75) is 13.0 Å². The van der Waals surface area contributed by atoms with Gasteiger partial charge in [-0.3, -0.25) is 0 Å². The van der Waals surface area contributed by atoms with Crippen LogP contribution in [0.5, 0.6) is 11.6 Å². The van der Waals surface area contributed by atoms with Gasteiger partial charge in [0.15, 0.2) is 0 Å². The van der Waals surface area contributed by atoms with Crippen LogP contribution in [0.25, 0.3) is 0 Å². The van der Waals surface area contributed by atoms with Gasteiger partial charge in [0.1, 0.15) is 5.75 Å². The lowest BCUT2D eigenvalue weighted by molar-refractivity contribution is 0.452. The topological polar surface area (TPSA) is 48.1 Å². The molecule has 1 atom stereocenters. The molecule has 5 heteroatoms. The summed E-state index contributed by atoms with van der Waals surface area (Å²) < 4.78 is 6.61. The summed E-state index contributed by atoms with van der Waals surface area (Å²) in [5.74, 6) is 1.04. The molecule has 0 radical (unpaired) electrons. The molecule has 2 aromatic rings. The first kappa shape index (κ1) is 13.3. The fraction of sp³-hybridized carbons (Fsp3) is 0.154. The Bertz CT molecular complexity index is 560. The Kier molecular flexibility index (Phi) is 4.22. The van der Waals surface area contributed by atoms with Crippen LogP contribution in [0.4, 0.5) is 0 Å². The van der Waals surface area contributed by atoms with Crippen molar-refractivity contribution < 1.29 is 4.74 Å². The molecule has 0 amide bonds. The molecule has 0 aliphatic rings. The van der Waals surface area contributed by atoms with Crippen LogP contribution in [0.3, 0.4) is 0 Å². The molecule has 0 aliphatic carbocycles. The average Bonchev–Trinajstić information content (AvgIpc) is 2.33. The number of hydrogen-bond acceptors (Lipinski definition) is 3. The van der Waals surface area contributed by atoms with Gasteiger partial charge in [-0.25, -0.2) is 4.98 Å². The van der Waals surface area contributed by atoms with E-state index < -0.39 is 0 Å². The zero-order chi connectivity index (χ0) is 13.1. The lowest BCUT2D eigenvalue weighted by atomic mass is 10.1. The number of benzene rings is 1. The van der Waals surface area contributed by atoms with E-state index in [2.05, 4.69) is 20.9 Å². The maximum Gasteiger partial charge on any atom is 0.224 e. The third-order valence-electron chi connectivity index (χ3n) is 2.39. The van der Waals surface area contributed by atoms with Crippen molar-refractivity contribution in [2.24, 2.45) is 5.73 Å². The maximum atomic E-state index is 6.10. The van der Waals surface area contributed by atoms with Crippen molar-refractivity contribution in [2.75, 3.05) is 0 Å². The Labute approximate surface area is 119 Å². The molecule has 0 bridgehead atoms. The van der Waals surface area contributed by atoms with Gasteiger partial charge in [0.25, 0.3) is 0 Å². The van der Waals surface area contributed by atoms with E-state index in [1.165, 1.54) is 0 Å². The SMILES string of the molecule is C[C@H](N)c1cccnc1Oc1ccc(Br)cc1Cl. The van der Waals surface area contributed by atoms with Crippen molar-refractivity contribution in [3.8, 4) is 11.6 Å². The molecule has 0 fully saturated rings. The van der Waals surface area contributed by atoms with E-state index in [4.69, 9.17) is 22.1 Å². The van der Waals surface area contributed by atoms with E-state index in [-0.39, 0.29) is 6.04 Å². The Morgan fingerprint density at radius 3 is 2.83 bits per heavy atom. The third kappa shape index (κ3) is 3.02. The second kappa shape index (κ2) is 5.69. The van der Waals surface area contributed by atoms with Crippen molar-refractivity contribution >= 4 is 27.5 Å². The second-order valence-corrected chi connectivity index (χ2v) is 5.19. The first-order valence-electron chi connectivity index (χ1n) is 5.41. The van der Waals surface area contributed by atoms with E-state index in [9.17, 15) is 0 Å². The Morgan fingerprint density at radius 2 is 2.17 bits per heavy atom. The molecule has 0 unspecified atom stereocenters. The van der Waals surface area contributed by atoms with Crippen molar-refractivity contribution in [3.63, 3.8) is 0 Å². The quantitative estimate of drug-likeness (QED) is 0.914. The van der Waals surface area contributed by atoms with Gasteiger partial charge in [0, 0.05) is 22.3 Å². The largest absolute Gasteiger partial charge is 0.437 e. The number of hydrogen-bond donors (Lipinski definition) is 1. The van der Waals surface area contributed by atoms with E-state index in [1.807, 2.05) is 25.1 Å². The summed E-state index contributed by atoms with van der Waals surface area (Å²) in [7, 11) is 0. The van der Waals surface area contributed by atoms with Crippen LogP contribution in [-0.2, 0) is 0 Å². The van der Waals surface area contributed by atoms with Gasteiger partial charge in [-0.1, -0.05) is 33.6 Å². The minimum Gasteiger partial charge on any atom is -0.437 e. The summed E-state index contributed by atoms with van der Waals surface area (Å²) >= 11 is 9.44. The summed E-state index contributed by atoms with van der Waals surface area (Å²) in [6, 6.07) is 8.98. The highest BCUT2D eigenvalue weighted by Crippen LogP contribution is 2.33. The van der Waals surface area contributed by atoms with Crippen LogP contribution in [0.2, 0.25) is 5.02 Å². The highest BCUT2D eigenvalue weighted by Gasteiger charge is 2.11. The van der Waals surface area contributed by atoms with Crippen LogP contribution in [-0.4, -0.2) is 4.98 Å². The van der Waals surface area contributed by atoms with Gasteiger partial charge >= 0.3 is 0 Å². The molecule has 0 saturated heterocycles. The summed E-state index contributed by atoms with van der Waals surface area (Å²) in [5, 5.41) is 0.519. The van der Waals surface area contributed by atoms with Gasteiger partial charge < -0.3 is 10.5 Å². The number of nitrogens with zero attached hydrogens (tertiary/aromatic N) is 1. The molecular weight excluding hydrogens is 316 g/mol. The molecule has 1 heterocycles. The van der Waals surface area contributed by atoms with Crippen molar-refractivity contribution in [1.82, 2.24) is 4.98 Å². The summed E-state index contributed by atoms with van der Waals surface area (Å²) in [4.78, 5) is 4.19. The smallest absolute Gasteiger partial charge is 0.224 e. The molecule has 0 saturated carbocycles. The van der Waals surface area contributed by atoms with E-state index in [1.54, 1.807) is 18.3 Å². The fourth-order valence-electron chi connectivity index (χ4n) is 1.50. The minimum absolute atomic E-state index is 0.150. The first-order chi connectivity index (χ1) is 8.58. The van der Waals surface area contributed by atoms with E-state index in [0.29, 0.717) is 16.7 Å². The number of ether oxygens (including phenoxy) is 1. The average molecular weight is 328 g/mol. The summed E-state index contributed by atoms with van der Waals surface area (Å²) in [6.07, 6.45) is 1.66. The number of rotatable bonds is 3. The normalized spacial score (nSPS) is 12.2. The third-order valence-corrected chi connectivity index (χ3v) is 3.18. The van der Waals surface area contributed by atoms with E-state index >= 15 is 0 Å². The zero-order valence-corrected chi connectivity index (χ0v) is 12.1. The zero-order valence-electron chi connectivity index (χ0n) is 9.73. The number of pyridine rings is 1. The second-order valence-electron chi connectivity index (χ2n) is 3.86. The Morgan fingerprint density at radius 1 is 1.39 bits per heavy atom. The highest BCUT2D eigenvalue weighted by atomic mass is 79.9. The molecular formula is C13H12BrClN2O. The summed E-state index contributed by atoms with van der Waals surface area (Å²) in [6.45, 7) is 1.88. The fourth-order valence-corrected chi connectivity index (χ4v) is 2.21. The van der Waals surface area contributed by atoms with Gasteiger partial charge in [-0.05, 0) is 31.2 Å². The molecule has 1 aromatic heterocycles. The lowest BCUT2D eigenvalue weighted by Gasteiger charge is -2.13. The summed E-state index contributed by atoms with van der Waals surface area (Å²) in [5.41, 5.74) is 6.71. The van der Waals surface area contributed by atoms with Crippen LogP contribution in [0, 0.1) is 0 Å². The minimum atomic E-state index is -0.150. The Hall–Kier alpha value is -1.10. The number of halogens is 2. The number of aromatic nitrogens is 1. The van der Waals surface area contributed by atoms with Gasteiger partial charge in [0.2, 0.25) is 5.88 Å². The van der Waals surface area contributed by atoms with Crippen molar-refractivity contribution in [1.29, 1.82) is 0 Å². The van der Waals surface area contributed by atoms with Crippen LogP contribution >= 0.6 is 27.5 Å². The van der Waals surface area contributed by atoms with Crippen molar-refractivity contribution in [3.05, 3.63) is 51.6 Å². The Balaban J connectivity index is 2.34. The molecule has 1 aromatic carbocycles. The van der Waals surface area contributed by atoms with Crippen LogP contribution in [0.15, 0.2) is 41.0 Å². The van der Waals surface area contributed by atoms with Gasteiger partial charge in [0.05, 0.1) is 5.02 Å². The molecule has 0 spiro atoms. The van der Waals surface area contributed by atoms with Crippen LogP contribution in [0.1, 0.15) is 18.5 Å². The van der Waals surface area contributed by atoms with Crippen LogP contribution < -0.4 is 10.5 Å². The van der Waals surface area contributed by atoms with Gasteiger partial charge in [-0.15, -0.1) is 0 Å². The maximum absolute atomic E-state index is 6.10. The lowest BCUT2D eigenvalue weighted by Crippen LogP contribution is -2.07. The molecule has 3 nitrogen and oxygen atoms in total. The molecule has 2 rings (SSSR count). The first-order valence-corrected chi connectivity index (χ1v) is 6.58. The molecule has 94 valence electrons. The molecule has 2 N–H and O–H groups in total.